The van der Waals surface area contributed by atoms with Gasteiger partial charge in [0.1, 0.15) is 6.10 Å². The van der Waals surface area contributed by atoms with Crippen LogP contribution >= 0.6 is 0 Å². The summed E-state index contributed by atoms with van der Waals surface area (Å²) in [6.45, 7) is 4.63. The summed E-state index contributed by atoms with van der Waals surface area (Å²) in [5, 5.41) is 0. The van der Waals surface area contributed by atoms with Gasteiger partial charge in [-0.2, -0.15) is 0 Å². The minimum Gasteiger partial charge on any atom is -0.490 e. The molecule has 1 saturated heterocycles. The van der Waals surface area contributed by atoms with Crippen molar-refractivity contribution in [3.63, 3.8) is 0 Å². The molecule has 18 heavy (non-hydrogen) atoms. The first-order valence-electron chi connectivity index (χ1n) is 6.54. The summed E-state index contributed by atoms with van der Waals surface area (Å²) in [4.78, 5) is 0. The van der Waals surface area contributed by atoms with Crippen molar-refractivity contribution < 1.29 is 14.2 Å². The second-order valence-corrected chi connectivity index (χ2v) is 4.32. The molecule has 1 fully saturated rings. The Morgan fingerprint density at radius 2 is 2.33 bits per heavy atom. The Balaban J connectivity index is 2.20. The minimum absolute atomic E-state index is 0.128. The Labute approximate surface area is 108 Å². The number of benzene rings is 1. The third-order valence-electron chi connectivity index (χ3n) is 2.95. The summed E-state index contributed by atoms with van der Waals surface area (Å²) in [5.41, 5.74) is 6.75. The first-order valence-corrected chi connectivity index (χ1v) is 6.54. The molecule has 0 spiro atoms. The van der Waals surface area contributed by atoms with Crippen LogP contribution in [-0.2, 0) is 11.2 Å². The first-order chi connectivity index (χ1) is 8.85. The standard InChI is InChI=1S/C14H21NO3/c1-2-17-13-5-3-4-11(6-8-15)14(13)18-12-7-9-16-10-12/h3-5,12H,2,6-10,15H2,1H3. The quantitative estimate of drug-likeness (QED) is 0.837. The molecular weight excluding hydrogens is 230 g/mol. The molecule has 2 rings (SSSR count). The van der Waals surface area contributed by atoms with Gasteiger partial charge in [-0.3, -0.25) is 0 Å². The molecule has 1 atom stereocenters. The van der Waals surface area contributed by atoms with Crippen molar-refractivity contribution >= 4 is 0 Å². The SMILES string of the molecule is CCOc1cccc(CCN)c1OC1CCOC1. The van der Waals surface area contributed by atoms with Gasteiger partial charge in [-0.05, 0) is 31.5 Å². The molecule has 1 aliphatic rings. The topological polar surface area (TPSA) is 53.7 Å². The molecule has 4 nitrogen and oxygen atoms in total. The highest BCUT2D eigenvalue weighted by molar-refractivity contribution is 5.47. The number of hydrogen-bond donors (Lipinski definition) is 1. The van der Waals surface area contributed by atoms with Crippen molar-refractivity contribution in [3.8, 4) is 11.5 Å². The van der Waals surface area contributed by atoms with Gasteiger partial charge >= 0.3 is 0 Å². The van der Waals surface area contributed by atoms with Crippen molar-refractivity contribution in [2.45, 2.75) is 25.9 Å². The van der Waals surface area contributed by atoms with E-state index in [1.807, 2.05) is 25.1 Å². The lowest BCUT2D eigenvalue weighted by atomic mass is 10.1. The maximum atomic E-state index is 6.04. The summed E-state index contributed by atoms with van der Waals surface area (Å²) in [5.74, 6) is 1.63. The second-order valence-electron chi connectivity index (χ2n) is 4.32. The van der Waals surface area contributed by atoms with Crippen LogP contribution in [0.3, 0.4) is 0 Å². The molecule has 1 aliphatic heterocycles. The number of para-hydroxylation sites is 1. The van der Waals surface area contributed by atoms with Gasteiger partial charge in [0.15, 0.2) is 11.5 Å². The van der Waals surface area contributed by atoms with E-state index in [1.165, 1.54) is 0 Å². The van der Waals surface area contributed by atoms with Gasteiger partial charge in [0, 0.05) is 6.42 Å². The third-order valence-corrected chi connectivity index (χ3v) is 2.95. The van der Waals surface area contributed by atoms with Crippen molar-refractivity contribution in [3.05, 3.63) is 23.8 Å². The monoisotopic (exact) mass is 251 g/mol. The molecule has 0 bridgehead atoms. The van der Waals surface area contributed by atoms with Crippen LogP contribution in [0.25, 0.3) is 0 Å². The van der Waals surface area contributed by atoms with Crippen LogP contribution < -0.4 is 15.2 Å². The lowest BCUT2D eigenvalue weighted by Gasteiger charge is -2.18. The van der Waals surface area contributed by atoms with E-state index in [4.69, 9.17) is 19.9 Å². The molecule has 0 radical (unpaired) electrons. The average Bonchev–Trinajstić information content (AvgIpc) is 2.87. The van der Waals surface area contributed by atoms with Crippen LogP contribution in [0.5, 0.6) is 11.5 Å². The second kappa shape index (κ2) is 6.61. The summed E-state index contributed by atoms with van der Waals surface area (Å²) in [7, 11) is 0. The van der Waals surface area contributed by atoms with Crippen LogP contribution in [-0.4, -0.2) is 32.5 Å². The Bertz CT molecular complexity index is 351. The highest BCUT2D eigenvalue weighted by atomic mass is 16.6. The molecule has 0 aliphatic carbocycles. The highest BCUT2D eigenvalue weighted by Crippen LogP contribution is 2.33. The van der Waals surface area contributed by atoms with Crippen LogP contribution in [0.2, 0.25) is 0 Å². The van der Waals surface area contributed by atoms with Gasteiger partial charge in [-0.1, -0.05) is 12.1 Å². The lowest BCUT2D eigenvalue weighted by Crippen LogP contribution is -2.18. The minimum atomic E-state index is 0.128. The van der Waals surface area contributed by atoms with E-state index in [-0.39, 0.29) is 6.10 Å². The van der Waals surface area contributed by atoms with Gasteiger partial charge in [0.2, 0.25) is 0 Å². The van der Waals surface area contributed by atoms with E-state index in [0.717, 1.165) is 36.5 Å². The van der Waals surface area contributed by atoms with Gasteiger partial charge in [0.05, 0.1) is 19.8 Å². The molecule has 1 heterocycles. The van der Waals surface area contributed by atoms with Crippen molar-refractivity contribution in [2.75, 3.05) is 26.4 Å². The van der Waals surface area contributed by atoms with Gasteiger partial charge in [0.25, 0.3) is 0 Å². The fourth-order valence-corrected chi connectivity index (χ4v) is 2.09. The molecule has 1 aromatic carbocycles. The van der Waals surface area contributed by atoms with Crippen LogP contribution in [0.1, 0.15) is 18.9 Å². The van der Waals surface area contributed by atoms with E-state index in [2.05, 4.69) is 0 Å². The Morgan fingerprint density at radius 1 is 1.44 bits per heavy atom. The van der Waals surface area contributed by atoms with E-state index >= 15 is 0 Å². The predicted molar refractivity (Wildman–Crippen MR) is 70.2 cm³/mol. The summed E-state index contributed by atoms with van der Waals surface area (Å²) in [6.07, 6.45) is 1.86. The van der Waals surface area contributed by atoms with Crippen LogP contribution in [0.4, 0.5) is 0 Å². The van der Waals surface area contributed by atoms with Gasteiger partial charge < -0.3 is 19.9 Å². The molecule has 0 saturated carbocycles. The lowest BCUT2D eigenvalue weighted by molar-refractivity contribution is 0.137. The zero-order chi connectivity index (χ0) is 12.8. The van der Waals surface area contributed by atoms with Crippen LogP contribution in [0.15, 0.2) is 18.2 Å². The average molecular weight is 251 g/mol. The predicted octanol–water partition coefficient (Wildman–Crippen LogP) is 1.75. The normalized spacial score (nSPS) is 18.9. The summed E-state index contributed by atoms with van der Waals surface area (Å²) >= 11 is 0. The molecular formula is C14H21NO3. The van der Waals surface area contributed by atoms with Gasteiger partial charge in [-0.25, -0.2) is 0 Å². The highest BCUT2D eigenvalue weighted by Gasteiger charge is 2.20. The number of rotatable bonds is 6. The van der Waals surface area contributed by atoms with Gasteiger partial charge in [-0.15, -0.1) is 0 Å². The molecule has 1 unspecified atom stereocenters. The molecule has 1 aromatic rings. The third kappa shape index (κ3) is 3.15. The van der Waals surface area contributed by atoms with E-state index in [9.17, 15) is 0 Å². The molecule has 2 N–H and O–H groups in total. The number of nitrogens with two attached hydrogens (primary N) is 1. The molecule has 0 aromatic heterocycles. The molecule has 100 valence electrons. The Hall–Kier alpha value is -1.26. The van der Waals surface area contributed by atoms with Crippen molar-refractivity contribution in [2.24, 2.45) is 5.73 Å². The van der Waals surface area contributed by atoms with Crippen LogP contribution in [0, 0.1) is 0 Å². The molecule has 0 amide bonds. The molecule has 4 heteroatoms. The Morgan fingerprint density at radius 3 is 3.00 bits per heavy atom. The number of ether oxygens (including phenoxy) is 3. The van der Waals surface area contributed by atoms with Crippen molar-refractivity contribution in [1.29, 1.82) is 0 Å². The zero-order valence-corrected chi connectivity index (χ0v) is 10.9. The summed E-state index contributed by atoms with van der Waals surface area (Å²) < 4.78 is 17.0. The van der Waals surface area contributed by atoms with E-state index in [1.54, 1.807) is 0 Å². The van der Waals surface area contributed by atoms with E-state index in [0.29, 0.717) is 19.8 Å². The fraction of sp³-hybridized carbons (Fsp3) is 0.571. The smallest absolute Gasteiger partial charge is 0.164 e. The summed E-state index contributed by atoms with van der Waals surface area (Å²) in [6, 6.07) is 5.96. The van der Waals surface area contributed by atoms with E-state index < -0.39 is 0 Å². The zero-order valence-electron chi connectivity index (χ0n) is 10.9. The Kier molecular flexibility index (Phi) is 4.84. The first kappa shape index (κ1) is 13.2. The maximum Gasteiger partial charge on any atom is 0.164 e. The van der Waals surface area contributed by atoms with Crippen molar-refractivity contribution in [1.82, 2.24) is 0 Å². The fourth-order valence-electron chi connectivity index (χ4n) is 2.09. The maximum absolute atomic E-state index is 6.04. The number of hydrogen-bond acceptors (Lipinski definition) is 4. The largest absolute Gasteiger partial charge is 0.490 e.